The fourth-order valence-electron chi connectivity index (χ4n) is 3.14. The van der Waals surface area contributed by atoms with Crippen LogP contribution in [0.1, 0.15) is 17.2 Å². The summed E-state index contributed by atoms with van der Waals surface area (Å²) >= 11 is 1.24. The summed E-state index contributed by atoms with van der Waals surface area (Å²) in [5.41, 5.74) is 0.966. The fraction of sp³-hybridized carbons (Fsp3) is 0.100. The number of amides is 1. The highest BCUT2D eigenvalue weighted by atomic mass is 32.1. The maximum absolute atomic E-state index is 12.9. The summed E-state index contributed by atoms with van der Waals surface area (Å²) in [5, 5.41) is 13.1. The summed E-state index contributed by atoms with van der Waals surface area (Å²) in [6.45, 7) is 0. The van der Waals surface area contributed by atoms with E-state index >= 15 is 0 Å². The summed E-state index contributed by atoms with van der Waals surface area (Å²) in [6, 6.07) is 9.31. The third-order valence-electron chi connectivity index (χ3n) is 4.41. The van der Waals surface area contributed by atoms with E-state index < -0.39 is 17.7 Å². The fourth-order valence-corrected chi connectivity index (χ4v) is 3.81. The van der Waals surface area contributed by atoms with Gasteiger partial charge in [-0.3, -0.25) is 19.5 Å². The molecule has 0 bridgehead atoms. The molecule has 1 unspecified atom stereocenters. The zero-order valence-corrected chi connectivity index (χ0v) is 15.6. The van der Waals surface area contributed by atoms with E-state index in [0.717, 1.165) is 0 Å². The van der Waals surface area contributed by atoms with Crippen molar-refractivity contribution in [1.82, 2.24) is 9.97 Å². The van der Waals surface area contributed by atoms with Crippen molar-refractivity contribution in [3.63, 3.8) is 0 Å². The molecule has 1 saturated heterocycles. The van der Waals surface area contributed by atoms with Crippen molar-refractivity contribution in [2.45, 2.75) is 6.04 Å². The van der Waals surface area contributed by atoms with Crippen LogP contribution in [0.2, 0.25) is 0 Å². The maximum Gasteiger partial charge on any atom is 0.301 e. The molecule has 1 atom stereocenters. The Labute approximate surface area is 164 Å². The highest BCUT2D eigenvalue weighted by molar-refractivity contribution is 7.14. The maximum atomic E-state index is 12.9. The lowest BCUT2D eigenvalue weighted by Crippen LogP contribution is -2.29. The van der Waals surface area contributed by atoms with Gasteiger partial charge in [0.05, 0.1) is 18.7 Å². The number of carbonyl (C=O) groups excluding carboxylic acids is 2. The number of hydrogen-bond donors (Lipinski definition) is 1. The second kappa shape index (κ2) is 7.24. The van der Waals surface area contributed by atoms with Crippen LogP contribution in [0.5, 0.6) is 5.75 Å². The molecule has 3 aromatic rings. The van der Waals surface area contributed by atoms with Crippen LogP contribution >= 0.6 is 11.3 Å². The third kappa shape index (κ3) is 2.93. The number of pyridine rings is 1. The number of carbonyl (C=O) groups is 2. The van der Waals surface area contributed by atoms with E-state index in [1.165, 1.54) is 23.3 Å². The second-order valence-corrected chi connectivity index (χ2v) is 6.88. The van der Waals surface area contributed by atoms with Crippen LogP contribution in [0, 0.1) is 0 Å². The first-order valence-corrected chi connectivity index (χ1v) is 9.24. The minimum atomic E-state index is -0.828. The minimum absolute atomic E-state index is 0.0125. The van der Waals surface area contributed by atoms with Gasteiger partial charge in [-0.05, 0) is 23.8 Å². The minimum Gasteiger partial charge on any atom is -0.507 e. The van der Waals surface area contributed by atoms with E-state index in [-0.39, 0.29) is 11.3 Å². The largest absolute Gasteiger partial charge is 0.507 e. The molecule has 1 amide bonds. The molecule has 0 spiro atoms. The molecule has 28 heavy (non-hydrogen) atoms. The molecule has 1 fully saturated rings. The van der Waals surface area contributed by atoms with Gasteiger partial charge >= 0.3 is 5.91 Å². The van der Waals surface area contributed by atoms with E-state index in [0.29, 0.717) is 22.0 Å². The lowest BCUT2D eigenvalue weighted by Gasteiger charge is -2.22. The number of benzene rings is 1. The number of methoxy groups -OCH3 is 1. The first-order valence-electron chi connectivity index (χ1n) is 8.36. The molecule has 4 rings (SSSR count). The number of Topliss-reactive ketones (excluding diaryl/α,β-unsaturated/α-hetero) is 1. The predicted molar refractivity (Wildman–Crippen MR) is 104 cm³/mol. The Bertz CT molecular complexity index is 1060. The molecule has 140 valence electrons. The Kier molecular flexibility index (Phi) is 4.62. The first-order chi connectivity index (χ1) is 13.6. The topological polar surface area (TPSA) is 92.6 Å². The van der Waals surface area contributed by atoms with E-state index in [9.17, 15) is 14.7 Å². The van der Waals surface area contributed by atoms with Crippen LogP contribution in [0.4, 0.5) is 5.13 Å². The number of ether oxygens (including phenoxy) is 1. The van der Waals surface area contributed by atoms with Gasteiger partial charge in [-0.2, -0.15) is 0 Å². The number of thiazole rings is 1. The van der Waals surface area contributed by atoms with E-state index in [1.807, 2.05) is 0 Å². The van der Waals surface area contributed by atoms with Gasteiger partial charge in [0, 0.05) is 29.5 Å². The average molecular weight is 393 g/mol. The van der Waals surface area contributed by atoms with Gasteiger partial charge in [0.1, 0.15) is 11.5 Å². The molecule has 0 radical (unpaired) electrons. The van der Waals surface area contributed by atoms with Crippen molar-refractivity contribution in [2.75, 3.05) is 12.0 Å². The summed E-state index contributed by atoms with van der Waals surface area (Å²) in [4.78, 5) is 35.3. The Balaban J connectivity index is 1.93. The van der Waals surface area contributed by atoms with E-state index in [1.54, 1.807) is 60.4 Å². The number of ketones is 1. The average Bonchev–Trinajstić information content (AvgIpc) is 3.35. The summed E-state index contributed by atoms with van der Waals surface area (Å²) in [6.07, 6.45) is 4.72. The zero-order chi connectivity index (χ0) is 19.7. The zero-order valence-electron chi connectivity index (χ0n) is 14.8. The summed E-state index contributed by atoms with van der Waals surface area (Å²) in [5.74, 6) is -1.26. The van der Waals surface area contributed by atoms with Crippen LogP contribution in [0.3, 0.4) is 0 Å². The van der Waals surface area contributed by atoms with Crippen molar-refractivity contribution in [3.8, 4) is 5.75 Å². The lowest BCUT2D eigenvalue weighted by atomic mass is 9.96. The normalized spacial score (nSPS) is 18.5. The molecule has 1 aliphatic heterocycles. The number of nitrogens with zero attached hydrogens (tertiary/aromatic N) is 3. The molecule has 2 aromatic heterocycles. The Morgan fingerprint density at radius 2 is 2.07 bits per heavy atom. The van der Waals surface area contributed by atoms with Gasteiger partial charge in [-0.1, -0.05) is 18.2 Å². The Morgan fingerprint density at radius 3 is 2.75 bits per heavy atom. The number of rotatable bonds is 4. The van der Waals surface area contributed by atoms with Crippen molar-refractivity contribution >= 4 is 33.9 Å². The van der Waals surface area contributed by atoms with Crippen molar-refractivity contribution < 1.29 is 19.4 Å². The summed E-state index contributed by atoms with van der Waals surface area (Å²) in [7, 11) is 1.51. The Hall–Kier alpha value is -3.52. The van der Waals surface area contributed by atoms with Crippen molar-refractivity contribution in [1.29, 1.82) is 0 Å². The molecular weight excluding hydrogens is 378 g/mol. The molecule has 3 heterocycles. The first kappa shape index (κ1) is 17.9. The summed E-state index contributed by atoms with van der Waals surface area (Å²) < 4.78 is 5.19. The van der Waals surface area contributed by atoms with Crippen LogP contribution < -0.4 is 9.64 Å². The molecule has 1 aliphatic rings. The lowest BCUT2D eigenvalue weighted by molar-refractivity contribution is -0.132. The highest BCUT2D eigenvalue weighted by Gasteiger charge is 2.48. The molecular formula is C20H15N3O4S. The van der Waals surface area contributed by atoms with Gasteiger partial charge in [0.15, 0.2) is 5.13 Å². The van der Waals surface area contributed by atoms with E-state index in [4.69, 9.17) is 4.74 Å². The predicted octanol–water partition coefficient (Wildman–Crippen LogP) is 3.17. The smallest absolute Gasteiger partial charge is 0.301 e. The highest BCUT2D eigenvalue weighted by Crippen LogP contribution is 2.42. The quantitative estimate of drug-likeness (QED) is 0.416. The number of aliphatic hydroxyl groups is 1. The SMILES string of the molecule is COc1cccc(/C(O)=C2\C(=O)C(=O)N(c3nccs3)C2c2cccnc2)c1. The third-order valence-corrected chi connectivity index (χ3v) is 5.18. The number of aromatic nitrogens is 2. The molecule has 7 nitrogen and oxygen atoms in total. The van der Waals surface area contributed by atoms with Gasteiger partial charge in [0.25, 0.3) is 5.78 Å². The van der Waals surface area contributed by atoms with Crippen molar-refractivity contribution in [2.24, 2.45) is 0 Å². The molecule has 0 aliphatic carbocycles. The molecule has 8 heteroatoms. The molecule has 1 aromatic carbocycles. The van der Waals surface area contributed by atoms with E-state index in [2.05, 4.69) is 9.97 Å². The van der Waals surface area contributed by atoms with Gasteiger partial charge in [-0.15, -0.1) is 11.3 Å². The Morgan fingerprint density at radius 1 is 1.21 bits per heavy atom. The number of anilines is 1. The van der Waals surface area contributed by atoms with Crippen LogP contribution in [0.25, 0.3) is 5.76 Å². The monoisotopic (exact) mass is 393 g/mol. The van der Waals surface area contributed by atoms with Crippen molar-refractivity contribution in [3.05, 3.63) is 77.1 Å². The standard InChI is InChI=1S/C20H15N3O4S/c1-27-14-6-2-4-12(10-14)17(24)15-16(13-5-3-7-21-11-13)23(19(26)18(15)25)20-22-8-9-28-20/h2-11,16,24H,1H3/b17-15+. The van der Waals surface area contributed by atoms with Gasteiger partial charge in [0.2, 0.25) is 0 Å². The second-order valence-electron chi connectivity index (χ2n) is 6.00. The van der Waals surface area contributed by atoms with Gasteiger partial charge in [-0.25, -0.2) is 4.98 Å². The van der Waals surface area contributed by atoms with Crippen LogP contribution in [0.15, 0.2) is 65.9 Å². The number of hydrogen-bond acceptors (Lipinski definition) is 7. The number of aliphatic hydroxyl groups excluding tert-OH is 1. The van der Waals surface area contributed by atoms with Crippen LogP contribution in [-0.2, 0) is 9.59 Å². The molecule has 0 saturated carbocycles. The van der Waals surface area contributed by atoms with Crippen LogP contribution in [-0.4, -0.2) is 33.9 Å². The van der Waals surface area contributed by atoms with Gasteiger partial charge < -0.3 is 9.84 Å². The molecule has 1 N–H and O–H groups in total.